The van der Waals surface area contributed by atoms with Crippen molar-refractivity contribution < 1.29 is 40.0 Å². The number of carbonyl (C=O) groups excluding carboxylic acids is 1. The predicted molar refractivity (Wildman–Crippen MR) is 65.5 cm³/mol. The van der Waals surface area contributed by atoms with E-state index < -0.39 is 42.3 Å². The minimum Gasteiger partial charge on any atom is -0.481 e. The molecular weight excluding hydrogens is 278 g/mol. The van der Waals surface area contributed by atoms with E-state index in [1.807, 2.05) is 0 Å². The molecule has 11 heteroatoms. The normalized spacial score (nSPS) is 11.9. The number of carbonyl (C=O) groups is 4. The van der Waals surface area contributed by atoms with E-state index in [4.69, 9.17) is 32.5 Å². The van der Waals surface area contributed by atoms with Gasteiger partial charge < -0.3 is 38.0 Å². The van der Waals surface area contributed by atoms with Crippen molar-refractivity contribution in [3.8, 4) is 0 Å². The zero-order chi connectivity index (χ0) is 15.6. The average Bonchev–Trinajstić information content (AvgIpc) is 2.25. The molecule has 0 rings (SSSR count). The lowest BCUT2D eigenvalue weighted by molar-refractivity contribution is -0.144. The van der Waals surface area contributed by atoms with Crippen molar-refractivity contribution in [1.29, 1.82) is 0 Å². The van der Waals surface area contributed by atoms with E-state index in [-0.39, 0.29) is 18.3 Å². The summed E-state index contributed by atoms with van der Waals surface area (Å²) in [6, 6.07) is -2.27. The molecule has 0 saturated carbocycles. The molecule has 0 aliphatic rings. The molecule has 0 aliphatic carbocycles. The van der Waals surface area contributed by atoms with Crippen molar-refractivity contribution in [3.05, 3.63) is 0 Å². The minimum atomic E-state index is -1.29. The standard InChI is InChI=1S/C5H10N2O3.C4H7NO4.H2O/c6-3(5(9)10)1-2-4(7)8;5-2(4(8)9)1-3(6)7;/h3H,1-2,6H2,(H2,7,8)(H,9,10);2H,1,5H2,(H,6,7)(H,8,9);1H2/t3-;2-;/m00./s1. The van der Waals surface area contributed by atoms with Crippen LogP contribution in [0, 0.1) is 0 Å². The monoisotopic (exact) mass is 297 g/mol. The number of amides is 1. The average molecular weight is 297 g/mol. The lowest BCUT2D eigenvalue weighted by Crippen LogP contribution is -2.32. The predicted octanol–water partition coefficient (Wildman–Crippen LogP) is -3.29. The molecule has 0 aromatic carbocycles. The third-order valence-corrected chi connectivity index (χ3v) is 1.73. The summed E-state index contributed by atoms with van der Waals surface area (Å²) < 4.78 is 0. The van der Waals surface area contributed by atoms with Gasteiger partial charge in [0.25, 0.3) is 0 Å². The van der Waals surface area contributed by atoms with Gasteiger partial charge in [-0.1, -0.05) is 0 Å². The van der Waals surface area contributed by atoms with Gasteiger partial charge in [-0.05, 0) is 6.42 Å². The van der Waals surface area contributed by atoms with Crippen LogP contribution in [0.4, 0.5) is 0 Å². The quantitative estimate of drug-likeness (QED) is 0.275. The van der Waals surface area contributed by atoms with Gasteiger partial charge >= 0.3 is 17.9 Å². The lowest BCUT2D eigenvalue weighted by atomic mass is 10.2. The van der Waals surface area contributed by atoms with Gasteiger partial charge in [-0.25, -0.2) is 0 Å². The van der Waals surface area contributed by atoms with E-state index in [9.17, 15) is 19.2 Å². The zero-order valence-corrected chi connectivity index (χ0v) is 10.5. The fourth-order valence-electron chi connectivity index (χ4n) is 0.697. The van der Waals surface area contributed by atoms with E-state index in [1.165, 1.54) is 0 Å². The molecule has 0 radical (unpaired) electrons. The van der Waals surface area contributed by atoms with Crippen LogP contribution in [0.2, 0.25) is 0 Å². The van der Waals surface area contributed by atoms with Crippen molar-refractivity contribution in [2.45, 2.75) is 31.3 Å². The number of nitrogens with two attached hydrogens (primary N) is 3. The molecule has 2 atom stereocenters. The van der Waals surface area contributed by atoms with Crippen LogP contribution in [0.5, 0.6) is 0 Å². The molecule has 11 N–H and O–H groups in total. The third kappa shape index (κ3) is 15.8. The summed E-state index contributed by atoms with van der Waals surface area (Å²) in [5.74, 6) is -4.14. The first-order valence-corrected chi connectivity index (χ1v) is 5.04. The molecular formula is C9H19N3O8. The molecule has 0 aliphatic heterocycles. The van der Waals surface area contributed by atoms with Crippen molar-refractivity contribution in [2.75, 3.05) is 0 Å². The van der Waals surface area contributed by atoms with Crippen molar-refractivity contribution >= 4 is 23.8 Å². The molecule has 0 unspecified atom stereocenters. The van der Waals surface area contributed by atoms with Gasteiger partial charge in [-0.15, -0.1) is 0 Å². The van der Waals surface area contributed by atoms with Crippen LogP contribution >= 0.6 is 0 Å². The van der Waals surface area contributed by atoms with Crippen molar-refractivity contribution in [1.82, 2.24) is 0 Å². The van der Waals surface area contributed by atoms with Crippen LogP contribution in [0.15, 0.2) is 0 Å². The molecule has 0 bridgehead atoms. The Bertz CT molecular complexity index is 346. The number of hydrogen-bond donors (Lipinski definition) is 6. The first kappa shape index (κ1) is 22.9. The van der Waals surface area contributed by atoms with Gasteiger partial charge in [0.2, 0.25) is 5.91 Å². The Balaban J connectivity index is -0.000000277. The molecule has 0 saturated heterocycles. The summed E-state index contributed by atoms with van der Waals surface area (Å²) in [5.41, 5.74) is 14.6. The SMILES string of the molecule is NC(=O)CC[C@H](N)C(=O)O.N[C@@H](CC(=O)O)C(=O)O.O. The maximum Gasteiger partial charge on any atom is 0.321 e. The third-order valence-electron chi connectivity index (χ3n) is 1.73. The molecule has 118 valence electrons. The van der Waals surface area contributed by atoms with E-state index in [1.54, 1.807) is 0 Å². The van der Waals surface area contributed by atoms with Crippen LogP contribution in [0.25, 0.3) is 0 Å². The van der Waals surface area contributed by atoms with E-state index in [0.29, 0.717) is 0 Å². The Morgan fingerprint density at radius 2 is 1.30 bits per heavy atom. The first-order chi connectivity index (χ1) is 8.57. The highest BCUT2D eigenvalue weighted by Crippen LogP contribution is 1.92. The fraction of sp³-hybridized carbons (Fsp3) is 0.556. The molecule has 11 nitrogen and oxygen atoms in total. The van der Waals surface area contributed by atoms with Crippen molar-refractivity contribution in [3.63, 3.8) is 0 Å². The number of hydrogen-bond acceptors (Lipinski definition) is 6. The van der Waals surface area contributed by atoms with Gasteiger partial charge in [-0.2, -0.15) is 0 Å². The highest BCUT2D eigenvalue weighted by atomic mass is 16.4. The molecule has 0 heterocycles. The second kappa shape index (κ2) is 11.8. The number of carboxylic acids is 3. The Morgan fingerprint density at radius 1 is 0.900 bits per heavy atom. The summed E-state index contributed by atoms with van der Waals surface area (Å²) >= 11 is 0. The van der Waals surface area contributed by atoms with Gasteiger partial charge in [0.1, 0.15) is 12.1 Å². The largest absolute Gasteiger partial charge is 0.481 e. The Kier molecular flexibility index (Phi) is 13.5. The zero-order valence-electron chi connectivity index (χ0n) is 10.5. The summed E-state index contributed by atoms with van der Waals surface area (Å²) in [5, 5.41) is 24.2. The molecule has 0 fully saturated rings. The van der Waals surface area contributed by atoms with Crippen LogP contribution in [0.1, 0.15) is 19.3 Å². The minimum absolute atomic E-state index is 0. The number of aliphatic carboxylic acids is 3. The maximum absolute atomic E-state index is 10.1. The topological polar surface area (TPSA) is 239 Å². The summed E-state index contributed by atoms with van der Waals surface area (Å²) in [7, 11) is 0. The number of primary amides is 1. The lowest BCUT2D eigenvalue weighted by Gasteiger charge is -2.01. The molecule has 0 aromatic rings. The van der Waals surface area contributed by atoms with Crippen LogP contribution < -0.4 is 17.2 Å². The van der Waals surface area contributed by atoms with Crippen molar-refractivity contribution in [2.24, 2.45) is 17.2 Å². The van der Waals surface area contributed by atoms with Gasteiger partial charge in [0.15, 0.2) is 0 Å². The van der Waals surface area contributed by atoms with E-state index in [0.717, 1.165) is 0 Å². The van der Waals surface area contributed by atoms with E-state index >= 15 is 0 Å². The van der Waals surface area contributed by atoms with Crippen LogP contribution in [0.3, 0.4) is 0 Å². The molecule has 0 spiro atoms. The smallest absolute Gasteiger partial charge is 0.321 e. The summed E-state index contributed by atoms with van der Waals surface area (Å²) in [6.07, 6.45) is -0.409. The second-order valence-corrected chi connectivity index (χ2v) is 3.49. The molecule has 0 aromatic heterocycles. The van der Waals surface area contributed by atoms with E-state index in [2.05, 4.69) is 0 Å². The highest BCUT2D eigenvalue weighted by molar-refractivity contribution is 5.80. The van der Waals surface area contributed by atoms with Gasteiger partial charge in [0.05, 0.1) is 6.42 Å². The molecule has 20 heavy (non-hydrogen) atoms. The Morgan fingerprint density at radius 3 is 1.50 bits per heavy atom. The van der Waals surface area contributed by atoms with Crippen LogP contribution in [-0.2, 0) is 19.2 Å². The number of rotatable bonds is 7. The number of carboxylic acid groups (broad SMARTS) is 3. The highest BCUT2D eigenvalue weighted by Gasteiger charge is 2.14. The summed E-state index contributed by atoms with van der Waals surface area (Å²) in [6.45, 7) is 0. The summed E-state index contributed by atoms with van der Waals surface area (Å²) in [4.78, 5) is 39.8. The fourth-order valence-corrected chi connectivity index (χ4v) is 0.697. The Labute approximate surface area is 113 Å². The first-order valence-electron chi connectivity index (χ1n) is 5.04. The second-order valence-electron chi connectivity index (χ2n) is 3.49. The van der Waals surface area contributed by atoms with Gasteiger partial charge in [-0.3, -0.25) is 19.2 Å². The Hall–Kier alpha value is -2.24. The van der Waals surface area contributed by atoms with Gasteiger partial charge in [0, 0.05) is 6.42 Å². The van der Waals surface area contributed by atoms with Crippen LogP contribution in [-0.4, -0.2) is 56.7 Å². The molecule has 1 amide bonds. The maximum atomic E-state index is 10.1.